The smallest absolute Gasteiger partial charge is 0.115 e. The zero-order chi connectivity index (χ0) is 7.40. The summed E-state index contributed by atoms with van der Waals surface area (Å²) in [7, 11) is 0. The highest BCUT2D eigenvalue weighted by atomic mass is 19.1. The molecular weight excluding hydrogens is 134 g/mol. The quantitative estimate of drug-likeness (QED) is 0.595. The molecule has 54 valence electrons. The van der Waals surface area contributed by atoms with Crippen molar-refractivity contribution in [3.05, 3.63) is 35.4 Å². The first-order valence-electron chi connectivity index (χ1n) is 3.06. The van der Waals surface area contributed by atoms with Crippen LogP contribution in [0.4, 0.5) is 8.78 Å². The maximum Gasteiger partial charge on any atom is 0.115 e. The molecule has 2 heteroatoms. The van der Waals surface area contributed by atoms with E-state index >= 15 is 0 Å². The van der Waals surface area contributed by atoms with E-state index in [1.807, 2.05) is 0 Å². The highest BCUT2D eigenvalue weighted by Crippen LogP contribution is 2.06. The summed E-state index contributed by atoms with van der Waals surface area (Å²) in [5, 5.41) is 0. The van der Waals surface area contributed by atoms with E-state index in [9.17, 15) is 8.78 Å². The molecule has 1 rings (SSSR count). The van der Waals surface area contributed by atoms with E-state index in [0.29, 0.717) is 11.1 Å². The second-order valence-corrected chi connectivity index (χ2v) is 2.08. The first-order chi connectivity index (χ1) is 4.86. The molecular formula is C8H8F2. The Morgan fingerprint density at radius 2 is 1.10 bits per heavy atom. The molecule has 0 N–H and O–H groups in total. The van der Waals surface area contributed by atoms with Crippen molar-refractivity contribution in [2.75, 3.05) is 0 Å². The van der Waals surface area contributed by atoms with E-state index in [-0.39, 0.29) is 0 Å². The average molecular weight is 142 g/mol. The number of halogens is 2. The maximum absolute atomic E-state index is 11.9. The highest BCUT2D eigenvalue weighted by molar-refractivity contribution is 5.21. The van der Waals surface area contributed by atoms with Crippen LogP contribution in [0.15, 0.2) is 24.3 Å². The Balaban J connectivity index is 2.80. The summed E-state index contributed by atoms with van der Waals surface area (Å²) in [5.74, 6) is 0. The van der Waals surface area contributed by atoms with Gasteiger partial charge in [-0.2, -0.15) is 0 Å². The van der Waals surface area contributed by atoms with Gasteiger partial charge in [0.25, 0.3) is 0 Å². The van der Waals surface area contributed by atoms with E-state index < -0.39 is 13.3 Å². The molecule has 0 spiro atoms. The van der Waals surface area contributed by atoms with Crippen LogP contribution >= 0.6 is 0 Å². The Morgan fingerprint density at radius 3 is 1.30 bits per heavy atom. The van der Waals surface area contributed by atoms with Crippen molar-refractivity contribution in [2.24, 2.45) is 0 Å². The number of hydrogen-bond acceptors (Lipinski definition) is 0. The van der Waals surface area contributed by atoms with Crippen LogP contribution < -0.4 is 0 Å². The van der Waals surface area contributed by atoms with Crippen molar-refractivity contribution in [1.82, 2.24) is 0 Å². The summed E-state index contributed by atoms with van der Waals surface area (Å²) in [6, 6.07) is 6.37. The topological polar surface area (TPSA) is 0 Å². The Morgan fingerprint density at radius 1 is 0.800 bits per heavy atom. The minimum Gasteiger partial charge on any atom is -0.246 e. The number of benzene rings is 1. The molecule has 1 aromatic carbocycles. The summed E-state index contributed by atoms with van der Waals surface area (Å²) < 4.78 is 23.7. The van der Waals surface area contributed by atoms with Crippen LogP contribution in [0.3, 0.4) is 0 Å². The number of alkyl halides is 2. The number of rotatable bonds is 2. The van der Waals surface area contributed by atoms with Gasteiger partial charge in [0, 0.05) is 0 Å². The molecule has 1 aromatic rings. The molecule has 0 bridgehead atoms. The van der Waals surface area contributed by atoms with Crippen molar-refractivity contribution in [1.29, 1.82) is 0 Å². The first-order valence-corrected chi connectivity index (χ1v) is 3.06. The van der Waals surface area contributed by atoms with Gasteiger partial charge in [-0.05, 0) is 11.1 Å². The second kappa shape index (κ2) is 3.30. The van der Waals surface area contributed by atoms with E-state index in [1.54, 1.807) is 24.3 Å². The van der Waals surface area contributed by atoms with Crippen LogP contribution in [-0.4, -0.2) is 0 Å². The summed E-state index contributed by atoms with van der Waals surface area (Å²) in [4.78, 5) is 0. The van der Waals surface area contributed by atoms with Gasteiger partial charge in [-0.3, -0.25) is 0 Å². The van der Waals surface area contributed by atoms with Crippen LogP contribution in [0.25, 0.3) is 0 Å². The Labute approximate surface area is 58.5 Å². The average Bonchev–Trinajstić information content (AvgIpc) is 2.05. The normalized spacial score (nSPS) is 9.80. The maximum atomic E-state index is 11.9. The molecule has 0 amide bonds. The molecule has 0 aliphatic heterocycles. The van der Waals surface area contributed by atoms with Gasteiger partial charge in [-0.1, -0.05) is 24.3 Å². The van der Waals surface area contributed by atoms with E-state index in [0.717, 1.165) is 0 Å². The second-order valence-electron chi connectivity index (χ2n) is 2.08. The summed E-state index contributed by atoms with van der Waals surface area (Å²) in [6.45, 7) is -0.959. The molecule has 0 aliphatic rings. The van der Waals surface area contributed by atoms with E-state index in [1.165, 1.54) is 0 Å². The van der Waals surface area contributed by atoms with Crippen LogP contribution in [0.1, 0.15) is 11.1 Å². The SMILES string of the molecule is FCc1ccc(CF)cc1. The molecule has 0 heterocycles. The molecule has 0 saturated heterocycles. The van der Waals surface area contributed by atoms with Crippen molar-refractivity contribution in [2.45, 2.75) is 13.3 Å². The lowest BCUT2D eigenvalue weighted by Crippen LogP contribution is -1.80. The molecule has 0 unspecified atom stereocenters. The van der Waals surface area contributed by atoms with Gasteiger partial charge in [0.15, 0.2) is 0 Å². The third-order valence-corrected chi connectivity index (χ3v) is 1.33. The Kier molecular flexibility index (Phi) is 2.37. The lowest BCUT2D eigenvalue weighted by atomic mass is 10.2. The molecule has 0 radical (unpaired) electrons. The lowest BCUT2D eigenvalue weighted by Gasteiger charge is -1.94. The molecule has 10 heavy (non-hydrogen) atoms. The zero-order valence-electron chi connectivity index (χ0n) is 5.48. The third kappa shape index (κ3) is 1.53. The molecule has 0 nitrogen and oxygen atoms in total. The predicted octanol–water partition coefficient (Wildman–Crippen LogP) is 2.63. The standard InChI is InChI=1S/C8H8F2/c9-5-7-1-2-8(6-10)4-3-7/h1-4H,5-6H2. The lowest BCUT2D eigenvalue weighted by molar-refractivity contribution is 0.479. The highest BCUT2D eigenvalue weighted by Gasteiger charge is 1.91. The third-order valence-electron chi connectivity index (χ3n) is 1.33. The van der Waals surface area contributed by atoms with Crippen molar-refractivity contribution >= 4 is 0 Å². The molecule has 0 atom stereocenters. The van der Waals surface area contributed by atoms with Crippen molar-refractivity contribution < 1.29 is 8.78 Å². The van der Waals surface area contributed by atoms with Crippen LogP contribution in [0, 0.1) is 0 Å². The van der Waals surface area contributed by atoms with Gasteiger partial charge in [0.2, 0.25) is 0 Å². The molecule has 0 aromatic heterocycles. The molecule has 0 aliphatic carbocycles. The van der Waals surface area contributed by atoms with Gasteiger partial charge in [0.05, 0.1) is 0 Å². The number of hydrogen-bond donors (Lipinski definition) is 0. The fourth-order valence-electron chi connectivity index (χ4n) is 0.717. The Bertz CT molecular complexity index is 168. The molecule has 0 saturated carbocycles. The predicted molar refractivity (Wildman–Crippen MR) is 36.1 cm³/mol. The Hall–Kier alpha value is -0.920. The summed E-state index contributed by atoms with van der Waals surface area (Å²) in [6.07, 6.45) is 0. The van der Waals surface area contributed by atoms with Gasteiger partial charge in [-0.25, -0.2) is 8.78 Å². The van der Waals surface area contributed by atoms with Gasteiger partial charge >= 0.3 is 0 Å². The summed E-state index contributed by atoms with van der Waals surface area (Å²) >= 11 is 0. The van der Waals surface area contributed by atoms with Crippen LogP contribution in [-0.2, 0) is 13.3 Å². The van der Waals surface area contributed by atoms with E-state index in [4.69, 9.17) is 0 Å². The van der Waals surface area contributed by atoms with Gasteiger partial charge in [0.1, 0.15) is 13.3 Å². The molecule has 0 fully saturated rings. The minimum absolute atomic E-state index is 0.480. The van der Waals surface area contributed by atoms with Crippen LogP contribution in [0.5, 0.6) is 0 Å². The van der Waals surface area contributed by atoms with Gasteiger partial charge < -0.3 is 0 Å². The minimum atomic E-state index is -0.480. The fourth-order valence-corrected chi connectivity index (χ4v) is 0.717. The fraction of sp³-hybridized carbons (Fsp3) is 0.250. The monoisotopic (exact) mass is 142 g/mol. The largest absolute Gasteiger partial charge is 0.246 e. The van der Waals surface area contributed by atoms with Crippen molar-refractivity contribution in [3.8, 4) is 0 Å². The van der Waals surface area contributed by atoms with Crippen molar-refractivity contribution in [3.63, 3.8) is 0 Å². The van der Waals surface area contributed by atoms with Crippen LogP contribution in [0.2, 0.25) is 0 Å². The van der Waals surface area contributed by atoms with Gasteiger partial charge in [-0.15, -0.1) is 0 Å². The first kappa shape index (κ1) is 7.19. The zero-order valence-corrected chi connectivity index (χ0v) is 5.48. The van der Waals surface area contributed by atoms with E-state index in [2.05, 4.69) is 0 Å². The summed E-state index contributed by atoms with van der Waals surface area (Å²) in [5.41, 5.74) is 1.19.